The van der Waals surface area contributed by atoms with Crippen LogP contribution >= 0.6 is 0 Å². The van der Waals surface area contributed by atoms with Crippen molar-refractivity contribution in [2.24, 2.45) is 0 Å². The lowest BCUT2D eigenvalue weighted by atomic mass is 10.1. The second-order valence-electron chi connectivity index (χ2n) is 5.04. The van der Waals surface area contributed by atoms with Crippen LogP contribution in [-0.4, -0.2) is 31.8 Å². The molecule has 6 heteroatoms. The molecule has 0 saturated carbocycles. The van der Waals surface area contributed by atoms with E-state index in [1.165, 1.54) is 0 Å². The third kappa shape index (κ3) is 4.88. The third-order valence-electron chi connectivity index (χ3n) is 3.30. The van der Waals surface area contributed by atoms with Crippen molar-refractivity contribution < 1.29 is 14.3 Å². The smallest absolute Gasteiger partial charge is 0.320 e. The molecule has 0 radical (unpaired) electrons. The van der Waals surface area contributed by atoms with Crippen LogP contribution in [0.25, 0.3) is 0 Å². The van der Waals surface area contributed by atoms with Gasteiger partial charge in [-0.15, -0.1) is 0 Å². The summed E-state index contributed by atoms with van der Waals surface area (Å²) < 4.78 is 10.5. The first-order valence-electron chi connectivity index (χ1n) is 7.31. The predicted molar refractivity (Wildman–Crippen MR) is 89.2 cm³/mol. The summed E-state index contributed by atoms with van der Waals surface area (Å²) in [5, 5.41) is 5.51. The normalized spacial score (nSPS) is 10.0. The number of nitrogens with zero attached hydrogens (tertiary/aromatic N) is 1. The minimum absolute atomic E-state index is 0.274. The Morgan fingerprint density at radius 1 is 1.13 bits per heavy atom. The summed E-state index contributed by atoms with van der Waals surface area (Å²) in [5.74, 6) is 1.90. The Bertz CT molecular complexity index is 674. The topological polar surface area (TPSA) is 72.5 Å². The van der Waals surface area contributed by atoms with Crippen molar-refractivity contribution in [1.29, 1.82) is 0 Å². The number of methoxy groups -OCH3 is 2. The van der Waals surface area contributed by atoms with Crippen LogP contribution in [0.4, 0.5) is 10.6 Å². The minimum atomic E-state index is -0.274. The zero-order valence-corrected chi connectivity index (χ0v) is 13.6. The van der Waals surface area contributed by atoms with Crippen molar-refractivity contribution in [3.8, 4) is 11.5 Å². The molecule has 2 amide bonds. The van der Waals surface area contributed by atoms with Gasteiger partial charge < -0.3 is 14.8 Å². The number of rotatable bonds is 6. The van der Waals surface area contributed by atoms with Gasteiger partial charge >= 0.3 is 6.03 Å². The van der Waals surface area contributed by atoms with Crippen molar-refractivity contribution in [3.63, 3.8) is 0 Å². The molecule has 0 spiro atoms. The molecular formula is C17H21N3O3. The lowest BCUT2D eigenvalue weighted by Crippen LogP contribution is -2.30. The van der Waals surface area contributed by atoms with Crippen molar-refractivity contribution >= 4 is 11.8 Å². The van der Waals surface area contributed by atoms with Gasteiger partial charge in [0.05, 0.1) is 14.2 Å². The van der Waals surface area contributed by atoms with Crippen molar-refractivity contribution in [3.05, 3.63) is 47.7 Å². The van der Waals surface area contributed by atoms with Crippen molar-refractivity contribution in [2.45, 2.75) is 13.3 Å². The maximum Gasteiger partial charge on any atom is 0.320 e. The molecule has 23 heavy (non-hydrogen) atoms. The Morgan fingerprint density at radius 3 is 2.61 bits per heavy atom. The van der Waals surface area contributed by atoms with Crippen LogP contribution in [0.1, 0.15) is 11.1 Å². The number of carbonyl (C=O) groups excluding carboxylic acids is 1. The highest BCUT2D eigenvalue weighted by atomic mass is 16.5. The lowest BCUT2D eigenvalue weighted by molar-refractivity contribution is 0.252. The molecular weight excluding hydrogens is 294 g/mol. The summed E-state index contributed by atoms with van der Waals surface area (Å²) in [6, 6.07) is 9.12. The minimum Gasteiger partial charge on any atom is -0.493 e. The molecule has 1 heterocycles. The second-order valence-corrected chi connectivity index (χ2v) is 5.04. The number of anilines is 1. The zero-order valence-electron chi connectivity index (χ0n) is 13.6. The van der Waals surface area contributed by atoms with E-state index in [4.69, 9.17) is 9.47 Å². The van der Waals surface area contributed by atoms with E-state index in [0.717, 1.165) is 11.1 Å². The van der Waals surface area contributed by atoms with E-state index in [9.17, 15) is 4.79 Å². The van der Waals surface area contributed by atoms with E-state index >= 15 is 0 Å². The van der Waals surface area contributed by atoms with Crippen LogP contribution in [0.3, 0.4) is 0 Å². The van der Waals surface area contributed by atoms with Crippen molar-refractivity contribution in [2.75, 3.05) is 26.1 Å². The SMILES string of the molecule is COc1ccc(CCNC(=O)Nc2cc(C)ccn2)cc1OC. The number of aromatic nitrogens is 1. The van der Waals surface area contributed by atoms with Gasteiger partial charge in [-0.2, -0.15) is 0 Å². The summed E-state index contributed by atoms with van der Waals surface area (Å²) in [5.41, 5.74) is 2.09. The lowest BCUT2D eigenvalue weighted by Gasteiger charge is -2.10. The molecule has 122 valence electrons. The van der Waals surface area contributed by atoms with Crippen LogP contribution in [0, 0.1) is 6.92 Å². The fraction of sp³-hybridized carbons (Fsp3) is 0.294. The number of aryl methyl sites for hydroxylation is 1. The Kier molecular flexibility index (Phi) is 5.80. The van der Waals surface area contributed by atoms with Crippen LogP contribution in [0.5, 0.6) is 11.5 Å². The first-order valence-corrected chi connectivity index (χ1v) is 7.31. The Labute approximate surface area is 135 Å². The summed E-state index contributed by atoms with van der Waals surface area (Å²) >= 11 is 0. The molecule has 2 rings (SSSR count). The monoisotopic (exact) mass is 315 g/mol. The van der Waals surface area contributed by atoms with Gasteiger partial charge in [-0.3, -0.25) is 5.32 Å². The molecule has 6 nitrogen and oxygen atoms in total. The van der Waals surface area contributed by atoms with E-state index < -0.39 is 0 Å². The fourth-order valence-electron chi connectivity index (χ4n) is 2.12. The molecule has 0 aliphatic heterocycles. The van der Waals surface area contributed by atoms with Crippen LogP contribution in [0.15, 0.2) is 36.5 Å². The predicted octanol–water partition coefficient (Wildman–Crippen LogP) is 2.77. The van der Waals surface area contributed by atoms with E-state index in [1.54, 1.807) is 20.4 Å². The molecule has 0 aliphatic carbocycles. The fourth-order valence-corrected chi connectivity index (χ4v) is 2.12. The van der Waals surface area contributed by atoms with Gasteiger partial charge in [0.15, 0.2) is 11.5 Å². The maximum absolute atomic E-state index is 11.8. The molecule has 2 aromatic rings. The number of nitrogens with one attached hydrogen (secondary N) is 2. The van der Waals surface area contributed by atoms with Gasteiger partial charge in [0.25, 0.3) is 0 Å². The molecule has 0 atom stereocenters. The van der Waals surface area contributed by atoms with E-state index in [-0.39, 0.29) is 6.03 Å². The number of urea groups is 1. The Morgan fingerprint density at radius 2 is 1.91 bits per heavy atom. The Balaban J connectivity index is 1.83. The van der Waals surface area contributed by atoms with Crippen LogP contribution in [0.2, 0.25) is 0 Å². The van der Waals surface area contributed by atoms with E-state index in [0.29, 0.717) is 30.3 Å². The van der Waals surface area contributed by atoms with Crippen LogP contribution in [-0.2, 0) is 6.42 Å². The number of hydrogen-bond donors (Lipinski definition) is 2. The first kappa shape index (κ1) is 16.6. The maximum atomic E-state index is 11.8. The number of carbonyl (C=O) groups is 1. The van der Waals surface area contributed by atoms with Crippen LogP contribution < -0.4 is 20.1 Å². The molecule has 0 aliphatic rings. The summed E-state index contributed by atoms with van der Waals surface area (Å²) in [6.07, 6.45) is 2.35. The molecule has 0 saturated heterocycles. The molecule has 2 N–H and O–H groups in total. The molecule has 0 bridgehead atoms. The molecule has 1 aromatic carbocycles. The van der Waals surface area contributed by atoms with Gasteiger partial charge in [-0.05, 0) is 48.7 Å². The highest BCUT2D eigenvalue weighted by Gasteiger charge is 2.06. The quantitative estimate of drug-likeness (QED) is 0.860. The molecule has 0 fully saturated rings. The summed E-state index contributed by atoms with van der Waals surface area (Å²) in [4.78, 5) is 15.9. The van der Waals surface area contributed by atoms with E-state index in [2.05, 4.69) is 15.6 Å². The van der Waals surface area contributed by atoms with Gasteiger partial charge in [0, 0.05) is 12.7 Å². The Hall–Kier alpha value is -2.76. The largest absolute Gasteiger partial charge is 0.493 e. The highest BCUT2D eigenvalue weighted by Crippen LogP contribution is 2.27. The van der Waals surface area contributed by atoms with Crippen molar-refractivity contribution in [1.82, 2.24) is 10.3 Å². The number of ether oxygens (including phenoxy) is 2. The molecule has 1 aromatic heterocycles. The standard InChI is InChI=1S/C17H21N3O3/c1-12-6-8-18-16(10-12)20-17(21)19-9-7-13-4-5-14(22-2)15(11-13)23-3/h4-6,8,10-11H,7,9H2,1-3H3,(H2,18,19,20,21). The highest BCUT2D eigenvalue weighted by molar-refractivity contribution is 5.88. The van der Waals surface area contributed by atoms with Gasteiger partial charge in [-0.1, -0.05) is 6.07 Å². The number of pyridine rings is 1. The number of hydrogen-bond acceptors (Lipinski definition) is 4. The summed E-state index contributed by atoms with van der Waals surface area (Å²) in [7, 11) is 3.20. The average Bonchev–Trinajstić information content (AvgIpc) is 2.54. The summed E-state index contributed by atoms with van der Waals surface area (Å²) in [6.45, 7) is 2.45. The van der Waals surface area contributed by atoms with E-state index in [1.807, 2.05) is 37.3 Å². The number of benzene rings is 1. The molecule has 0 unspecified atom stereocenters. The average molecular weight is 315 g/mol. The number of amides is 2. The zero-order chi connectivity index (χ0) is 16.7. The third-order valence-corrected chi connectivity index (χ3v) is 3.30. The van der Waals surface area contributed by atoms with Gasteiger partial charge in [-0.25, -0.2) is 9.78 Å². The van der Waals surface area contributed by atoms with Gasteiger partial charge in [0.1, 0.15) is 5.82 Å². The second kappa shape index (κ2) is 8.03. The van der Waals surface area contributed by atoms with Gasteiger partial charge in [0.2, 0.25) is 0 Å². The first-order chi connectivity index (χ1) is 11.1.